The van der Waals surface area contributed by atoms with Gasteiger partial charge < -0.3 is 15.8 Å². The zero-order valence-electron chi connectivity index (χ0n) is 11.4. The van der Waals surface area contributed by atoms with E-state index in [2.05, 4.69) is 5.32 Å². The van der Waals surface area contributed by atoms with E-state index in [4.69, 9.17) is 10.5 Å². The average Bonchev–Trinajstić information content (AvgIpc) is 2.40. The number of nitrogens with two attached hydrogens (primary N) is 1. The summed E-state index contributed by atoms with van der Waals surface area (Å²) in [5.74, 6) is -0.0199. The number of methoxy groups -OCH3 is 1. The van der Waals surface area contributed by atoms with Crippen LogP contribution in [0.1, 0.15) is 51.4 Å². The van der Waals surface area contributed by atoms with Crippen LogP contribution in [0, 0.1) is 5.92 Å². The SMILES string of the molecule is COC1CCCCC1NC1CCC(C(N)=O)CC1. The minimum absolute atomic E-state index is 0.104. The lowest BCUT2D eigenvalue weighted by Gasteiger charge is -2.36. The summed E-state index contributed by atoms with van der Waals surface area (Å²) < 4.78 is 5.57. The van der Waals surface area contributed by atoms with Gasteiger partial charge in [-0.3, -0.25) is 4.79 Å². The van der Waals surface area contributed by atoms with Gasteiger partial charge in [0.25, 0.3) is 0 Å². The number of rotatable bonds is 4. The van der Waals surface area contributed by atoms with Gasteiger partial charge in [-0.1, -0.05) is 12.8 Å². The lowest BCUT2D eigenvalue weighted by Crippen LogP contribution is -2.49. The maximum absolute atomic E-state index is 11.1. The summed E-state index contributed by atoms with van der Waals surface area (Å²) in [6, 6.07) is 1.04. The van der Waals surface area contributed by atoms with Crippen LogP contribution in [0.25, 0.3) is 0 Å². The molecule has 0 aliphatic heterocycles. The smallest absolute Gasteiger partial charge is 0.220 e. The molecular weight excluding hydrogens is 228 g/mol. The minimum Gasteiger partial charge on any atom is -0.380 e. The molecule has 0 heterocycles. The van der Waals surface area contributed by atoms with Gasteiger partial charge in [-0.25, -0.2) is 0 Å². The van der Waals surface area contributed by atoms with Crippen LogP contribution in [-0.2, 0) is 9.53 Å². The Morgan fingerprint density at radius 2 is 1.78 bits per heavy atom. The van der Waals surface area contributed by atoms with Gasteiger partial charge in [-0.15, -0.1) is 0 Å². The minimum atomic E-state index is -0.124. The van der Waals surface area contributed by atoms with Crippen LogP contribution in [0.5, 0.6) is 0 Å². The summed E-state index contributed by atoms with van der Waals surface area (Å²) in [6.45, 7) is 0. The number of primary amides is 1. The molecule has 2 aliphatic carbocycles. The fourth-order valence-corrected chi connectivity index (χ4v) is 3.42. The van der Waals surface area contributed by atoms with Crippen LogP contribution < -0.4 is 11.1 Å². The molecule has 2 fully saturated rings. The summed E-state index contributed by atoms with van der Waals surface area (Å²) in [7, 11) is 1.81. The number of amides is 1. The zero-order valence-corrected chi connectivity index (χ0v) is 11.4. The van der Waals surface area contributed by atoms with E-state index in [1.54, 1.807) is 0 Å². The first-order chi connectivity index (χ1) is 8.70. The van der Waals surface area contributed by atoms with Crippen molar-refractivity contribution < 1.29 is 9.53 Å². The number of ether oxygens (including phenoxy) is 1. The second kappa shape index (κ2) is 6.53. The molecule has 0 aromatic carbocycles. The molecule has 0 spiro atoms. The van der Waals surface area contributed by atoms with E-state index in [0.717, 1.165) is 25.7 Å². The first-order valence-electron chi connectivity index (χ1n) is 7.29. The third-order valence-corrected chi connectivity index (χ3v) is 4.58. The number of hydrogen-bond donors (Lipinski definition) is 2. The van der Waals surface area contributed by atoms with Crippen LogP contribution >= 0.6 is 0 Å². The molecule has 0 aromatic rings. The Morgan fingerprint density at radius 1 is 1.11 bits per heavy atom. The van der Waals surface area contributed by atoms with Crippen LogP contribution in [0.2, 0.25) is 0 Å². The molecule has 0 radical (unpaired) electrons. The molecule has 0 bridgehead atoms. The van der Waals surface area contributed by atoms with Crippen LogP contribution in [0.4, 0.5) is 0 Å². The number of carbonyl (C=O) groups is 1. The lowest BCUT2D eigenvalue weighted by atomic mass is 9.84. The molecule has 2 unspecified atom stereocenters. The molecule has 0 aromatic heterocycles. The van der Waals surface area contributed by atoms with E-state index in [0.29, 0.717) is 18.2 Å². The Kier molecular flexibility index (Phi) is 5.01. The van der Waals surface area contributed by atoms with Gasteiger partial charge in [0, 0.05) is 25.1 Å². The van der Waals surface area contributed by atoms with Gasteiger partial charge in [0.2, 0.25) is 5.91 Å². The molecule has 18 heavy (non-hydrogen) atoms. The zero-order chi connectivity index (χ0) is 13.0. The largest absolute Gasteiger partial charge is 0.380 e. The summed E-state index contributed by atoms with van der Waals surface area (Å²) in [6.07, 6.45) is 9.36. The monoisotopic (exact) mass is 254 g/mol. The highest BCUT2D eigenvalue weighted by Crippen LogP contribution is 2.27. The van der Waals surface area contributed by atoms with E-state index < -0.39 is 0 Å². The summed E-state index contributed by atoms with van der Waals surface area (Å²) >= 11 is 0. The average molecular weight is 254 g/mol. The molecule has 1 amide bonds. The second-order valence-electron chi connectivity index (χ2n) is 5.78. The summed E-state index contributed by atoms with van der Waals surface area (Å²) in [4.78, 5) is 11.1. The highest BCUT2D eigenvalue weighted by molar-refractivity contribution is 5.76. The lowest BCUT2D eigenvalue weighted by molar-refractivity contribution is -0.122. The van der Waals surface area contributed by atoms with Gasteiger partial charge in [-0.2, -0.15) is 0 Å². The van der Waals surface area contributed by atoms with Crippen molar-refractivity contribution in [1.82, 2.24) is 5.32 Å². The van der Waals surface area contributed by atoms with Crippen molar-refractivity contribution in [1.29, 1.82) is 0 Å². The predicted octanol–water partition coefficient (Wildman–Crippen LogP) is 1.58. The molecule has 104 valence electrons. The van der Waals surface area contributed by atoms with E-state index in [-0.39, 0.29) is 11.8 Å². The van der Waals surface area contributed by atoms with Gasteiger partial charge in [0.15, 0.2) is 0 Å². The van der Waals surface area contributed by atoms with Crippen molar-refractivity contribution in [3.05, 3.63) is 0 Å². The molecule has 2 rings (SSSR count). The van der Waals surface area contributed by atoms with Crippen LogP contribution in [0.3, 0.4) is 0 Å². The van der Waals surface area contributed by atoms with Gasteiger partial charge in [0.05, 0.1) is 6.10 Å². The van der Waals surface area contributed by atoms with E-state index in [1.165, 1.54) is 25.7 Å². The maximum Gasteiger partial charge on any atom is 0.220 e. The standard InChI is InChI=1S/C14H26N2O2/c1-18-13-5-3-2-4-12(13)16-11-8-6-10(7-9-11)14(15)17/h10-13,16H,2-9H2,1H3,(H2,15,17). The highest BCUT2D eigenvalue weighted by Gasteiger charge is 2.30. The molecule has 4 heteroatoms. The topological polar surface area (TPSA) is 64.3 Å². The molecule has 4 nitrogen and oxygen atoms in total. The predicted molar refractivity (Wildman–Crippen MR) is 71.1 cm³/mol. The fraction of sp³-hybridized carbons (Fsp3) is 0.929. The van der Waals surface area contributed by atoms with Crippen molar-refractivity contribution in [3.63, 3.8) is 0 Å². The third-order valence-electron chi connectivity index (χ3n) is 4.58. The number of hydrogen-bond acceptors (Lipinski definition) is 3. The van der Waals surface area contributed by atoms with Crippen molar-refractivity contribution >= 4 is 5.91 Å². The molecule has 2 atom stereocenters. The maximum atomic E-state index is 11.1. The van der Waals surface area contributed by atoms with E-state index >= 15 is 0 Å². The molecule has 2 aliphatic rings. The fourth-order valence-electron chi connectivity index (χ4n) is 3.42. The van der Waals surface area contributed by atoms with Crippen LogP contribution in [-0.4, -0.2) is 31.2 Å². The van der Waals surface area contributed by atoms with Crippen molar-refractivity contribution in [2.75, 3.05) is 7.11 Å². The quantitative estimate of drug-likeness (QED) is 0.800. The second-order valence-corrected chi connectivity index (χ2v) is 5.78. The first kappa shape index (κ1) is 13.8. The molecule has 3 N–H and O–H groups in total. The normalized spacial score (nSPS) is 37.4. The Labute approximate surface area is 110 Å². The molecular formula is C14H26N2O2. The summed E-state index contributed by atoms with van der Waals surface area (Å²) in [5, 5.41) is 3.74. The Morgan fingerprint density at radius 3 is 2.39 bits per heavy atom. The Balaban J connectivity index is 1.78. The molecule has 2 saturated carbocycles. The van der Waals surface area contributed by atoms with E-state index in [1.807, 2.05) is 7.11 Å². The summed E-state index contributed by atoms with van der Waals surface area (Å²) in [5.41, 5.74) is 5.36. The molecule has 0 saturated heterocycles. The van der Waals surface area contributed by atoms with Gasteiger partial charge in [-0.05, 0) is 38.5 Å². The van der Waals surface area contributed by atoms with Crippen molar-refractivity contribution in [2.45, 2.75) is 69.6 Å². The number of carbonyl (C=O) groups excluding carboxylic acids is 1. The van der Waals surface area contributed by atoms with Gasteiger partial charge >= 0.3 is 0 Å². The third kappa shape index (κ3) is 3.45. The number of nitrogens with one attached hydrogen (secondary N) is 1. The van der Waals surface area contributed by atoms with Gasteiger partial charge in [0.1, 0.15) is 0 Å². The first-order valence-corrected chi connectivity index (χ1v) is 7.29. The van der Waals surface area contributed by atoms with Crippen molar-refractivity contribution in [2.24, 2.45) is 11.7 Å². The van der Waals surface area contributed by atoms with Crippen LogP contribution in [0.15, 0.2) is 0 Å². The highest BCUT2D eigenvalue weighted by atomic mass is 16.5. The van der Waals surface area contributed by atoms with E-state index in [9.17, 15) is 4.79 Å². The van der Waals surface area contributed by atoms with Crippen molar-refractivity contribution in [3.8, 4) is 0 Å². The Hall–Kier alpha value is -0.610. The Bertz CT molecular complexity index is 275.